The van der Waals surface area contributed by atoms with Gasteiger partial charge in [0.05, 0.1) is 6.54 Å². The summed E-state index contributed by atoms with van der Waals surface area (Å²) in [7, 11) is 0. The summed E-state index contributed by atoms with van der Waals surface area (Å²) in [5.74, 6) is 3.03. The minimum absolute atomic E-state index is 0.532. The van der Waals surface area contributed by atoms with Gasteiger partial charge < -0.3 is 9.84 Å². The molecule has 0 saturated heterocycles. The zero-order valence-electron chi connectivity index (χ0n) is 10.2. The fourth-order valence-corrected chi connectivity index (χ4v) is 2.42. The first kappa shape index (κ1) is 11.6. The van der Waals surface area contributed by atoms with Crippen molar-refractivity contribution in [1.82, 2.24) is 15.5 Å². The van der Waals surface area contributed by atoms with Gasteiger partial charge in [-0.2, -0.15) is 4.98 Å². The fraction of sp³-hybridized carbons (Fsp3) is 0.833. The third-order valence-corrected chi connectivity index (χ3v) is 3.49. The summed E-state index contributed by atoms with van der Waals surface area (Å²) in [6, 6.07) is 0. The molecule has 0 radical (unpaired) electrons. The maximum Gasteiger partial charge on any atom is 0.240 e. The molecule has 0 amide bonds. The van der Waals surface area contributed by atoms with Crippen LogP contribution in [0.15, 0.2) is 4.52 Å². The van der Waals surface area contributed by atoms with Gasteiger partial charge in [-0.3, -0.25) is 0 Å². The van der Waals surface area contributed by atoms with Crippen LogP contribution in [-0.2, 0) is 6.54 Å². The van der Waals surface area contributed by atoms with E-state index < -0.39 is 0 Å². The first-order valence-corrected chi connectivity index (χ1v) is 6.36. The highest BCUT2D eigenvalue weighted by atomic mass is 16.5. The summed E-state index contributed by atoms with van der Waals surface area (Å²) in [6.07, 6.45) is 5.05. The molecule has 0 aromatic carbocycles. The van der Waals surface area contributed by atoms with Crippen LogP contribution in [-0.4, -0.2) is 16.7 Å². The third kappa shape index (κ3) is 2.61. The van der Waals surface area contributed by atoms with E-state index in [9.17, 15) is 0 Å². The Balaban J connectivity index is 1.92. The molecule has 1 aromatic heterocycles. The molecule has 1 heterocycles. The number of nitrogens with zero attached hydrogens (tertiary/aromatic N) is 2. The van der Waals surface area contributed by atoms with Crippen LogP contribution in [0.1, 0.15) is 57.2 Å². The van der Waals surface area contributed by atoms with Crippen molar-refractivity contribution in [2.45, 2.75) is 52.0 Å². The first-order chi connectivity index (χ1) is 7.83. The second kappa shape index (κ2) is 5.43. The first-order valence-electron chi connectivity index (χ1n) is 6.36. The summed E-state index contributed by atoms with van der Waals surface area (Å²) >= 11 is 0. The molecular formula is C12H21N3O. The van der Waals surface area contributed by atoms with Crippen LogP contribution in [0, 0.1) is 5.92 Å². The normalized spacial score (nSPS) is 25.1. The van der Waals surface area contributed by atoms with E-state index in [0.29, 0.717) is 12.5 Å². The standard InChI is InChI=1S/C12H21N3O/c1-3-9-5-6-10(7-9)12-14-11(16-15-12)8-13-4-2/h9-10,13H,3-8H2,1-2H3. The molecule has 16 heavy (non-hydrogen) atoms. The van der Waals surface area contributed by atoms with Crippen LogP contribution >= 0.6 is 0 Å². The van der Waals surface area contributed by atoms with Gasteiger partial charge in [0.2, 0.25) is 5.89 Å². The van der Waals surface area contributed by atoms with Crippen molar-refractivity contribution >= 4 is 0 Å². The number of hydrogen-bond acceptors (Lipinski definition) is 4. The van der Waals surface area contributed by atoms with Crippen LogP contribution in [0.2, 0.25) is 0 Å². The summed E-state index contributed by atoms with van der Waals surface area (Å²) < 4.78 is 5.22. The van der Waals surface area contributed by atoms with E-state index in [1.54, 1.807) is 0 Å². The number of nitrogens with one attached hydrogen (secondary N) is 1. The van der Waals surface area contributed by atoms with Crippen molar-refractivity contribution in [2.24, 2.45) is 5.92 Å². The Kier molecular flexibility index (Phi) is 3.93. The lowest BCUT2D eigenvalue weighted by atomic mass is 10.0. The zero-order chi connectivity index (χ0) is 11.4. The molecule has 2 atom stereocenters. The molecule has 1 N–H and O–H groups in total. The van der Waals surface area contributed by atoms with Gasteiger partial charge in [0.1, 0.15) is 0 Å². The zero-order valence-corrected chi connectivity index (χ0v) is 10.2. The number of rotatable bonds is 5. The molecule has 0 bridgehead atoms. The van der Waals surface area contributed by atoms with Gasteiger partial charge in [0, 0.05) is 5.92 Å². The van der Waals surface area contributed by atoms with Crippen LogP contribution in [0.4, 0.5) is 0 Å². The second-order valence-electron chi connectivity index (χ2n) is 4.61. The van der Waals surface area contributed by atoms with Crippen molar-refractivity contribution in [3.8, 4) is 0 Å². The Labute approximate surface area is 96.8 Å². The second-order valence-corrected chi connectivity index (χ2v) is 4.61. The van der Waals surface area contributed by atoms with Gasteiger partial charge in [-0.1, -0.05) is 25.4 Å². The van der Waals surface area contributed by atoms with Gasteiger partial charge in [0.15, 0.2) is 5.82 Å². The lowest BCUT2D eigenvalue weighted by molar-refractivity contribution is 0.360. The maximum absolute atomic E-state index is 5.22. The predicted octanol–water partition coefficient (Wildman–Crippen LogP) is 2.47. The van der Waals surface area contributed by atoms with E-state index >= 15 is 0 Å². The van der Waals surface area contributed by atoms with Gasteiger partial charge in [-0.05, 0) is 31.7 Å². The molecule has 1 aliphatic rings. The largest absolute Gasteiger partial charge is 0.338 e. The molecular weight excluding hydrogens is 202 g/mol. The maximum atomic E-state index is 5.22. The molecule has 1 fully saturated rings. The quantitative estimate of drug-likeness (QED) is 0.833. The Morgan fingerprint density at radius 1 is 1.38 bits per heavy atom. The van der Waals surface area contributed by atoms with E-state index in [0.717, 1.165) is 24.2 Å². The molecule has 0 spiro atoms. The molecule has 2 unspecified atom stereocenters. The minimum atomic E-state index is 0.532. The van der Waals surface area contributed by atoms with Crippen molar-refractivity contribution in [3.05, 3.63) is 11.7 Å². The summed E-state index contributed by atoms with van der Waals surface area (Å²) in [5, 5.41) is 7.29. The monoisotopic (exact) mass is 223 g/mol. The summed E-state index contributed by atoms with van der Waals surface area (Å²) in [6.45, 7) is 5.95. The van der Waals surface area contributed by atoms with Crippen LogP contribution < -0.4 is 5.32 Å². The van der Waals surface area contributed by atoms with Gasteiger partial charge in [-0.15, -0.1) is 0 Å². The van der Waals surface area contributed by atoms with E-state index in [1.807, 2.05) is 0 Å². The lowest BCUT2D eigenvalue weighted by Gasteiger charge is -2.04. The Morgan fingerprint density at radius 2 is 2.25 bits per heavy atom. The van der Waals surface area contributed by atoms with E-state index in [2.05, 4.69) is 29.3 Å². The molecule has 4 heteroatoms. The highest BCUT2D eigenvalue weighted by molar-refractivity contribution is 4.99. The van der Waals surface area contributed by atoms with Crippen molar-refractivity contribution < 1.29 is 4.52 Å². The van der Waals surface area contributed by atoms with E-state index in [-0.39, 0.29) is 0 Å². The third-order valence-electron chi connectivity index (χ3n) is 3.49. The van der Waals surface area contributed by atoms with Crippen molar-refractivity contribution in [3.63, 3.8) is 0 Å². The van der Waals surface area contributed by atoms with Gasteiger partial charge in [0.25, 0.3) is 0 Å². The molecule has 0 aliphatic heterocycles. The topological polar surface area (TPSA) is 51.0 Å². The van der Waals surface area contributed by atoms with Crippen LogP contribution in [0.3, 0.4) is 0 Å². The van der Waals surface area contributed by atoms with Crippen molar-refractivity contribution in [1.29, 1.82) is 0 Å². The molecule has 2 rings (SSSR count). The number of hydrogen-bond donors (Lipinski definition) is 1. The van der Waals surface area contributed by atoms with Gasteiger partial charge in [-0.25, -0.2) is 0 Å². The Morgan fingerprint density at radius 3 is 2.94 bits per heavy atom. The molecule has 4 nitrogen and oxygen atoms in total. The van der Waals surface area contributed by atoms with E-state index in [1.165, 1.54) is 25.7 Å². The van der Waals surface area contributed by atoms with Crippen LogP contribution in [0.25, 0.3) is 0 Å². The smallest absolute Gasteiger partial charge is 0.240 e. The average molecular weight is 223 g/mol. The molecule has 90 valence electrons. The fourth-order valence-electron chi connectivity index (χ4n) is 2.42. The summed E-state index contributed by atoms with van der Waals surface area (Å²) in [5.41, 5.74) is 0. The molecule has 1 saturated carbocycles. The van der Waals surface area contributed by atoms with Crippen LogP contribution in [0.5, 0.6) is 0 Å². The Hall–Kier alpha value is -0.900. The SMILES string of the molecule is CCNCc1nc(C2CCC(CC)C2)no1. The highest BCUT2D eigenvalue weighted by Crippen LogP contribution is 2.38. The minimum Gasteiger partial charge on any atom is -0.338 e. The van der Waals surface area contributed by atoms with Crippen molar-refractivity contribution in [2.75, 3.05) is 6.54 Å². The lowest BCUT2D eigenvalue weighted by Crippen LogP contribution is -2.12. The van der Waals surface area contributed by atoms with E-state index in [4.69, 9.17) is 4.52 Å². The average Bonchev–Trinajstić information content (AvgIpc) is 2.94. The Bertz CT molecular complexity index is 324. The number of aromatic nitrogens is 2. The predicted molar refractivity (Wildman–Crippen MR) is 62.1 cm³/mol. The van der Waals surface area contributed by atoms with Gasteiger partial charge >= 0.3 is 0 Å². The molecule has 1 aromatic rings. The summed E-state index contributed by atoms with van der Waals surface area (Å²) in [4.78, 5) is 4.46. The highest BCUT2D eigenvalue weighted by Gasteiger charge is 2.28. The molecule has 1 aliphatic carbocycles.